The van der Waals surface area contributed by atoms with Crippen LogP contribution >= 0.6 is 23.4 Å². The molecule has 0 saturated carbocycles. The molecule has 2 aliphatic heterocycles. The number of hydroxylamine groups is 1. The lowest BCUT2D eigenvalue weighted by Gasteiger charge is -2.36. The molecule has 338 valence electrons. The number of hydrogen-bond acceptors (Lipinski definition) is 13. The second-order valence-corrected chi connectivity index (χ2v) is 19.5. The Morgan fingerprint density at radius 3 is 2.34 bits per heavy atom. The highest BCUT2D eigenvalue weighted by molar-refractivity contribution is 7.99. The van der Waals surface area contributed by atoms with Crippen LogP contribution < -0.4 is 20.4 Å². The number of carbonyl (C=O) groups excluding carboxylic acids is 1. The number of carbonyl (C=O) groups is 1. The van der Waals surface area contributed by atoms with Gasteiger partial charge in [-0.3, -0.25) is 29.7 Å². The van der Waals surface area contributed by atoms with Crippen LogP contribution in [0.1, 0.15) is 24.8 Å². The standard InChI is InChI=1S/C47H50ClN9O6S2/c48-36-11-14-41(33-7-3-1-4-8-33)35(27-36)30-55-23-25-56(26-24-55)38-12-15-42-44(28-38)49-32-50-46(42)53-65(62,63)40-13-16-43(45(29-40)57(60)61)51-37(31-64-39-9-5-2-6-10-39)19-22-54-20-17-34(18-21-54)47(58)52-59/h1-16,27-29,32,34,37,51,59H,17-26,30-31H2,(H,52,58)(H,49,50,53)/t37-/m1/s1. The summed E-state index contributed by atoms with van der Waals surface area (Å²) in [5.74, 6) is 0.0316. The van der Waals surface area contributed by atoms with E-state index >= 15 is 0 Å². The molecule has 2 aliphatic rings. The monoisotopic (exact) mass is 935 g/mol. The van der Waals surface area contributed by atoms with E-state index in [1.54, 1.807) is 23.3 Å². The number of amides is 1. The molecule has 1 aromatic heterocycles. The van der Waals surface area contributed by atoms with E-state index < -0.39 is 14.9 Å². The fraction of sp³-hybridized carbons (Fsp3) is 0.298. The van der Waals surface area contributed by atoms with Crippen LogP contribution in [0.15, 0.2) is 131 Å². The number of thioether (sulfide) groups is 1. The number of sulfonamides is 1. The highest BCUT2D eigenvalue weighted by Crippen LogP contribution is 2.33. The van der Waals surface area contributed by atoms with Gasteiger partial charge in [-0.1, -0.05) is 66.2 Å². The number of piperidine rings is 1. The Hall–Kier alpha value is -5.82. The highest BCUT2D eigenvalue weighted by Gasteiger charge is 2.28. The number of fused-ring (bicyclic) bond motifs is 1. The van der Waals surface area contributed by atoms with Crippen molar-refractivity contribution in [3.05, 3.63) is 142 Å². The molecule has 65 heavy (non-hydrogen) atoms. The Kier molecular flexibility index (Phi) is 14.8. The number of aromatic nitrogens is 2. The summed E-state index contributed by atoms with van der Waals surface area (Å²) in [5, 5.41) is 26.1. The summed E-state index contributed by atoms with van der Waals surface area (Å²) in [6.45, 7) is 6.01. The van der Waals surface area contributed by atoms with Gasteiger partial charge in [-0.2, -0.15) is 0 Å². The maximum atomic E-state index is 13.9. The summed E-state index contributed by atoms with van der Waals surface area (Å²) in [6, 6.07) is 35.5. The Morgan fingerprint density at radius 2 is 1.62 bits per heavy atom. The molecule has 1 atom stereocenters. The highest BCUT2D eigenvalue weighted by atomic mass is 35.5. The van der Waals surface area contributed by atoms with Gasteiger partial charge in [0.2, 0.25) is 5.91 Å². The molecule has 3 heterocycles. The van der Waals surface area contributed by atoms with Crippen molar-refractivity contribution in [2.45, 2.75) is 41.6 Å². The normalized spacial score (nSPS) is 15.7. The average Bonchev–Trinajstić information content (AvgIpc) is 3.33. The summed E-state index contributed by atoms with van der Waals surface area (Å²) >= 11 is 8.05. The second-order valence-electron chi connectivity index (χ2n) is 16.2. The third-order valence-corrected chi connectivity index (χ3v) is 14.8. The van der Waals surface area contributed by atoms with Crippen LogP contribution in [-0.4, -0.2) is 102 Å². The van der Waals surface area contributed by atoms with Crippen molar-refractivity contribution < 1.29 is 23.3 Å². The molecule has 6 aromatic rings. The van der Waals surface area contributed by atoms with Crippen LogP contribution in [0.2, 0.25) is 5.02 Å². The van der Waals surface area contributed by atoms with Gasteiger partial charge in [0.05, 0.1) is 15.3 Å². The molecule has 2 fully saturated rings. The second kappa shape index (κ2) is 21.0. The smallest absolute Gasteiger partial charge is 0.293 e. The largest absolute Gasteiger partial charge is 0.376 e. The molecule has 0 spiro atoms. The quantitative estimate of drug-likeness (QED) is 0.0297. The first-order valence-corrected chi connectivity index (χ1v) is 24.4. The van der Waals surface area contributed by atoms with Gasteiger partial charge in [0, 0.05) is 84.0 Å². The van der Waals surface area contributed by atoms with Crippen molar-refractivity contribution in [1.29, 1.82) is 0 Å². The molecule has 15 nitrogen and oxygen atoms in total. The van der Waals surface area contributed by atoms with Gasteiger partial charge in [-0.25, -0.2) is 23.9 Å². The van der Waals surface area contributed by atoms with Crippen LogP contribution in [0.5, 0.6) is 0 Å². The van der Waals surface area contributed by atoms with Crippen LogP contribution in [0.4, 0.5) is 22.9 Å². The van der Waals surface area contributed by atoms with Gasteiger partial charge in [-0.05, 0) is 104 Å². The summed E-state index contributed by atoms with van der Waals surface area (Å²) in [6.07, 6.45) is 3.17. The van der Waals surface area contributed by atoms with Crippen LogP contribution in [0.25, 0.3) is 22.0 Å². The zero-order chi connectivity index (χ0) is 45.3. The van der Waals surface area contributed by atoms with Gasteiger partial charge in [0.15, 0.2) is 5.82 Å². The van der Waals surface area contributed by atoms with E-state index in [0.29, 0.717) is 60.6 Å². The number of nitro benzene ring substituents is 1. The van der Waals surface area contributed by atoms with E-state index in [1.165, 1.54) is 24.0 Å². The molecule has 2 saturated heterocycles. The maximum absolute atomic E-state index is 13.9. The molecule has 0 unspecified atom stereocenters. The number of piperazine rings is 1. The minimum atomic E-state index is -4.33. The minimum Gasteiger partial charge on any atom is -0.376 e. The van der Waals surface area contributed by atoms with Crippen LogP contribution in [0.3, 0.4) is 0 Å². The molecule has 0 bridgehead atoms. The van der Waals surface area contributed by atoms with Crippen molar-refractivity contribution in [2.75, 3.05) is 66.5 Å². The molecule has 0 radical (unpaired) electrons. The van der Waals surface area contributed by atoms with E-state index in [2.05, 4.69) is 52.9 Å². The number of hydrogen-bond donors (Lipinski definition) is 4. The Labute approximate surface area is 387 Å². The van der Waals surface area contributed by atoms with E-state index in [1.807, 2.05) is 72.8 Å². The lowest BCUT2D eigenvalue weighted by atomic mass is 9.96. The van der Waals surface area contributed by atoms with Gasteiger partial charge in [-0.15, -0.1) is 11.8 Å². The van der Waals surface area contributed by atoms with Crippen LogP contribution in [-0.2, 0) is 21.4 Å². The summed E-state index contributed by atoms with van der Waals surface area (Å²) in [4.78, 5) is 40.3. The summed E-state index contributed by atoms with van der Waals surface area (Å²) in [5.41, 5.74) is 6.57. The van der Waals surface area contributed by atoms with E-state index in [0.717, 1.165) is 60.5 Å². The minimum absolute atomic E-state index is 0.0611. The fourth-order valence-electron chi connectivity index (χ4n) is 8.44. The van der Waals surface area contributed by atoms with Gasteiger partial charge in [0.25, 0.3) is 15.7 Å². The number of anilines is 3. The Morgan fingerprint density at radius 1 is 0.877 bits per heavy atom. The Bertz CT molecular complexity index is 2720. The molecular formula is C47H50ClN9O6S2. The number of halogens is 1. The summed E-state index contributed by atoms with van der Waals surface area (Å²) < 4.78 is 30.3. The van der Waals surface area contributed by atoms with E-state index in [9.17, 15) is 23.3 Å². The SMILES string of the molecule is O=C(NO)C1CCN(CC[C@H](CSc2ccccc2)Nc2ccc(S(=O)(=O)Nc3ncnc4cc(N5CCN(Cc6cc(Cl)ccc6-c6ccccc6)CC5)ccc34)cc2[N+](=O)[O-])CC1. The number of benzene rings is 5. The van der Waals surface area contributed by atoms with Crippen molar-refractivity contribution in [3.8, 4) is 11.1 Å². The molecule has 4 N–H and O–H groups in total. The number of nitrogens with zero attached hydrogens (tertiary/aromatic N) is 6. The molecule has 1 amide bonds. The van der Waals surface area contributed by atoms with Crippen molar-refractivity contribution in [2.24, 2.45) is 5.92 Å². The van der Waals surface area contributed by atoms with Crippen LogP contribution in [0, 0.1) is 16.0 Å². The number of likely N-dealkylation sites (tertiary alicyclic amines) is 1. The zero-order valence-corrected chi connectivity index (χ0v) is 37.9. The first-order valence-electron chi connectivity index (χ1n) is 21.5. The fourth-order valence-corrected chi connectivity index (χ4v) is 10.7. The number of rotatable bonds is 17. The third-order valence-electron chi connectivity index (χ3n) is 12.0. The van der Waals surface area contributed by atoms with Crippen molar-refractivity contribution in [1.82, 2.24) is 25.2 Å². The lowest BCUT2D eigenvalue weighted by Crippen LogP contribution is -2.46. The molecule has 8 rings (SSSR count). The molecule has 0 aliphatic carbocycles. The molecule has 5 aromatic carbocycles. The first kappa shape index (κ1) is 45.7. The van der Waals surface area contributed by atoms with E-state index in [-0.39, 0.29) is 40.0 Å². The predicted molar refractivity (Wildman–Crippen MR) is 256 cm³/mol. The van der Waals surface area contributed by atoms with Gasteiger partial charge >= 0.3 is 0 Å². The topological polar surface area (TPSA) is 186 Å². The number of nitrogens with one attached hydrogen (secondary N) is 3. The maximum Gasteiger partial charge on any atom is 0.293 e. The predicted octanol–water partition coefficient (Wildman–Crippen LogP) is 8.16. The average molecular weight is 937 g/mol. The zero-order valence-electron chi connectivity index (χ0n) is 35.6. The van der Waals surface area contributed by atoms with Gasteiger partial charge in [0.1, 0.15) is 12.0 Å². The van der Waals surface area contributed by atoms with Gasteiger partial charge < -0.3 is 15.1 Å². The van der Waals surface area contributed by atoms with Crippen molar-refractivity contribution >= 4 is 73.1 Å². The molecular weight excluding hydrogens is 886 g/mol. The Balaban J connectivity index is 0.930. The lowest BCUT2D eigenvalue weighted by molar-refractivity contribution is -0.384. The summed E-state index contributed by atoms with van der Waals surface area (Å²) in [7, 11) is -4.33. The number of nitro groups is 1. The first-order chi connectivity index (χ1) is 31.5. The van der Waals surface area contributed by atoms with Crippen molar-refractivity contribution in [3.63, 3.8) is 0 Å². The molecule has 18 heteroatoms. The third kappa shape index (κ3) is 11.5. The van der Waals surface area contributed by atoms with E-state index in [4.69, 9.17) is 16.8 Å².